The minimum Gasteiger partial charge on any atom is -0.466 e. The molecule has 0 atom stereocenters. The molecule has 0 amide bonds. The van der Waals surface area contributed by atoms with E-state index in [1.165, 1.54) is 51.4 Å². The van der Waals surface area contributed by atoms with Crippen LogP contribution in [0.25, 0.3) is 0 Å². The van der Waals surface area contributed by atoms with Crippen LogP contribution in [0.5, 0.6) is 0 Å². The molecule has 0 unspecified atom stereocenters. The first-order valence-electron chi connectivity index (χ1n) is 6.96. The Morgan fingerprint density at radius 1 is 0.812 bits per heavy atom. The Kier molecular flexibility index (Phi) is 12.1. The van der Waals surface area contributed by atoms with E-state index in [0.717, 1.165) is 6.42 Å². The average Bonchev–Trinajstić information content (AvgIpc) is 2.31. The zero-order valence-corrected chi connectivity index (χ0v) is 11.1. The van der Waals surface area contributed by atoms with E-state index in [1.54, 1.807) is 0 Å². The molecule has 0 saturated carbocycles. The van der Waals surface area contributed by atoms with Crippen molar-refractivity contribution in [2.24, 2.45) is 0 Å². The molecule has 0 radical (unpaired) electrons. The van der Waals surface area contributed by atoms with E-state index in [1.807, 2.05) is 6.92 Å². The van der Waals surface area contributed by atoms with E-state index in [4.69, 9.17) is 4.74 Å². The topological polar surface area (TPSA) is 26.3 Å². The molecule has 0 aliphatic carbocycles. The van der Waals surface area contributed by atoms with Gasteiger partial charge in [0.15, 0.2) is 0 Å². The molecular weight excluding hydrogens is 200 g/mol. The van der Waals surface area contributed by atoms with Gasteiger partial charge >= 0.3 is 5.97 Å². The molecular formula is C14H28O2. The highest BCUT2D eigenvalue weighted by Gasteiger charge is 1.97. The van der Waals surface area contributed by atoms with E-state index in [0.29, 0.717) is 13.0 Å². The predicted molar refractivity (Wildman–Crippen MR) is 68.5 cm³/mol. The lowest BCUT2D eigenvalue weighted by Gasteiger charge is -2.03. The van der Waals surface area contributed by atoms with Gasteiger partial charge in [0.25, 0.3) is 0 Å². The minimum atomic E-state index is -0.0698. The van der Waals surface area contributed by atoms with E-state index < -0.39 is 0 Å². The number of esters is 1. The van der Waals surface area contributed by atoms with Gasteiger partial charge in [-0.3, -0.25) is 4.79 Å². The van der Waals surface area contributed by atoms with Crippen LogP contribution in [-0.4, -0.2) is 12.6 Å². The van der Waals surface area contributed by atoms with E-state index in [-0.39, 0.29) is 5.97 Å². The highest BCUT2D eigenvalue weighted by Crippen LogP contribution is 2.09. The summed E-state index contributed by atoms with van der Waals surface area (Å²) in [4.78, 5) is 10.8. The van der Waals surface area contributed by atoms with Gasteiger partial charge in [-0.2, -0.15) is 0 Å². The van der Waals surface area contributed by atoms with Crippen LogP contribution in [-0.2, 0) is 9.53 Å². The first kappa shape index (κ1) is 15.5. The summed E-state index contributed by atoms with van der Waals surface area (Å²) in [7, 11) is 0. The van der Waals surface area contributed by atoms with Crippen molar-refractivity contribution in [1.29, 1.82) is 0 Å². The number of carbonyl (C=O) groups excluding carboxylic acids is 1. The first-order valence-corrected chi connectivity index (χ1v) is 6.96. The Hall–Kier alpha value is -0.530. The summed E-state index contributed by atoms with van der Waals surface area (Å²) in [5.41, 5.74) is 0. The maximum Gasteiger partial charge on any atom is 0.305 e. The van der Waals surface area contributed by atoms with Crippen LogP contribution in [0.3, 0.4) is 0 Å². The van der Waals surface area contributed by atoms with Crippen molar-refractivity contribution in [2.45, 2.75) is 78.1 Å². The van der Waals surface area contributed by atoms with Crippen LogP contribution in [0.1, 0.15) is 78.1 Å². The molecule has 0 heterocycles. The molecule has 0 saturated heterocycles. The fourth-order valence-corrected chi connectivity index (χ4v) is 1.70. The van der Waals surface area contributed by atoms with Crippen LogP contribution in [0.2, 0.25) is 0 Å². The fraction of sp³-hybridized carbons (Fsp3) is 0.929. The summed E-state index contributed by atoms with van der Waals surface area (Å²) in [5.74, 6) is -0.0698. The molecule has 96 valence electrons. The van der Waals surface area contributed by atoms with Gasteiger partial charge in [0.1, 0.15) is 0 Å². The second kappa shape index (κ2) is 12.5. The van der Waals surface area contributed by atoms with Gasteiger partial charge in [0, 0.05) is 6.42 Å². The standard InChI is InChI=1S/C14H28O2/c1-3-5-6-7-8-9-10-11-12-13-16-14(15)4-2/h3-13H2,1-2H3. The highest BCUT2D eigenvalue weighted by molar-refractivity contribution is 5.68. The quantitative estimate of drug-likeness (QED) is 0.385. The highest BCUT2D eigenvalue weighted by atomic mass is 16.5. The Morgan fingerprint density at radius 3 is 1.81 bits per heavy atom. The van der Waals surface area contributed by atoms with Gasteiger partial charge < -0.3 is 4.74 Å². The summed E-state index contributed by atoms with van der Waals surface area (Å²) in [5, 5.41) is 0. The molecule has 0 aromatic carbocycles. The number of carbonyl (C=O) groups is 1. The maximum absolute atomic E-state index is 10.8. The molecule has 0 aliphatic rings. The summed E-state index contributed by atoms with van der Waals surface area (Å²) in [6, 6.07) is 0. The maximum atomic E-state index is 10.8. The second-order valence-electron chi connectivity index (χ2n) is 4.40. The summed E-state index contributed by atoms with van der Waals surface area (Å²) >= 11 is 0. The van der Waals surface area contributed by atoms with Crippen LogP contribution in [0.4, 0.5) is 0 Å². The summed E-state index contributed by atoms with van der Waals surface area (Å²) in [6.45, 7) is 4.69. The van der Waals surface area contributed by atoms with Crippen LogP contribution in [0.15, 0.2) is 0 Å². The smallest absolute Gasteiger partial charge is 0.305 e. The van der Waals surface area contributed by atoms with Crippen LogP contribution >= 0.6 is 0 Å². The van der Waals surface area contributed by atoms with Crippen molar-refractivity contribution >= 4 is 5.97 Å². The molecule has 0 spiro atoms. The van der Waals surface area contributed by atoms with Gasteiger partial charge in [0.05, 0.1) is 6.61 Å². The summed E-state index contributed by atoms with van der Waals surface area (Å²) < 4.78 is 5.01. The Bertz CT molecular complexity index is 155. The summed E-state index contributed by atoms with van der Waals surface area (Å²) in [6.07, 6.45) is 12.2. The molecule has 2 heteroatoms. The lowest BCUT2D eigenvalue weighted by Crippen LogP contribution is -2.03. The zero-order valence-electron chi connectivity index (χ0n) is 11.1. The third kappa shape index (κ3) is 11.5. The molecule has 0 aromatic heterocycles. The van der Waals surface area contributed by atoms with Gasteiger partial charge in [-0.1, -0.05) is 65.2 Å². The second-order valence-corrected chi connectivity index (χ2v) is 4.40. The van der Waals surface area contributed by atoms with Gasteiger partial charge in [-0.25, -0.2) is 0 Å². The van der Waals surface area contributed by atoms with Gasteiger partial charge in [0.2, 0.25) is 0 Å². The predicted octanol–water partition coefficient (Wildman–Crippen LogP) is 4.47. The van der Waals surface area contributed by atoms with Crippen molar-refractivity contribution in [3.05, 3.63) is 0 Å². The number of ether oxygens (including phenoxy) is 1. The number of unbranched alkanes of at least 4 members (excludes halogenated alkanes) is 8. The lowest BCUT2D eigenvalue weighted by atomic mass is 10.1. The molecule has 0 aliphatic heterocycles. The molecule has 16 heavy (non-hydrogen) atoms. The van der Waals surface area contributed by atoms with Crippen LogP contribution < -0.4 is 0 Å². The Labute approximate surface area is 101 Å². The van der Waals surface area contributed by atoms with Gasteiger partial charge in [-0.05, 0) is 6.42 Å². The molecule has 0 fully saturated rings. The molecule has 0 bridgehead atoms. The number of rotatable bonds is 11. The Morgan fingerprint density at radius 2 is 1.31 bits per heavy atom. The SMILES string of the molecule is CCCCCCCCCCCOC(=O)CC. The third-order valence-corrected chi connectivity index (χ3v) is 2.80. The largest absolute Gasteiger partial charge is 0.466 e. The number of hydrogen-bond donors (Lipinski definition) is 0. The normalized spacial score (nSPS) is 10.4. The average molecular weight is 228 g/mol. The third-order valence-electron chi connectivity index (χ3n) is 2.80. The van der Waals surface area contributed by atoms with E-state index >= 15 is 0 Å². The minimum absolute atomic E-state index is 0.0698. The number of hydrogen-bond acceptors (Lipinski definition) is 2. The molecule has 0 rings (SSSR count). The zero-order chi connectivity index (χ0) is 12.1. The van der Waals surface area contributed by atoms with E-state index in [2.05, 4.69) is 6.92 Å². The fourth-order valence-electron chi connectivity index (χ4n) is 1.70. The lowest BCUT2D eigenvalue weighted by molar-refractivity contribution is -0.143. The van der Waals surface area contributed by atoms with Crippen molar-refractivity contribution in [3.8, 4) is 0 Å². The van der Waals surface area contributed by atoms with E-state index in [9.17, 15) is 4.79 Å². The Balaban J connectivity index is 2.96. The first-order chi connectivity index (χ1) is 7.81. The molecule has 0 N–H and O–H groups in total. The molecule has 2 nitrogen and oxygen atoms in total. The van der Waals surface area contributed by atoms with Crippen molar-refractivity contribution in [2.75, 3.05) is 6.61 Å². The van der Waals surface area contributed by atoms with Crippen molar-refractivity contribution in [1.82, 2.24) is 0 Å². The molecule has 0 aromatic rings. The monoisotopic (exact) mass is 228 g/mol. The van der Waals surface area contributed by atoms with Crippen LogP contribution in [0, 0.1) is 0 Å². The van der Waals surface area contributed by atoms with Crippen molar-refractivity contribution in [3.63, 3.8) is 0 Å². The van der Waals surface area contributed by atoms with Gasteiger partial charge in [-0.15, -0.1) is 0 Å². The van der Waals surface area contributed by atoms with Crippen molar-refractivity contribution < 1.29 is 9.53 Å².